The second kappa shape index (κ2) is 9.86. The van der Waals surface area contributed by atoms with Gasteiger partial charge in [-0.25, -0.2) is 4.98 Å². The molecule has 1 N–H and O–H groups in total. The number of aromatic nitrogens is 2. The SMILES string of the molecule is COCCNC(=O)CSc1nc2sc3c(c2c(=O)n1-c1cccc(C(F)(F)F)c1)CCCC3. The van der Waals surface area contributed by atoms with Crippen molar-refractivity contribution in [1.29, 1.82) is 0 Å². The highest BCUT2D eigenvalue weighted by Gasteiger charge is 2.31. The van der Waals surface area contributed by atoms with E-state index < -0.39 is 17.3 Å². The van der Waals surface area contributed by atoms with Gasteiger partial charge < -0.3 is 10.1 Å². The number of alkyl halides is 3. The number of nitrogens with zero attached hydrogens (tertiary/aromatic N) is 2. The Labute approximate surface area is 196 Å². The standard InChI is InChI=1S/C22H22F3N3O3S2/c1-31-10-9-26-17(29)12-32-21-27-19-18(15-7-2-3-8-16(15)33-19)20(30)28(21)14-6-4-5-13(11-14)22(23,24)25/h4-6,11H,2-3,7-10,12H2,1H3,(H,26,29). The average Bonchev–Trinajstić information content (AvgIpc) is 3.16. The predicted molar refractivity (Wildman–Crippen MR) is 122 cm³/mol. The molecule has 0 radical (unpaired) electrons. The van der Waals surface area contributed by atoms with Crippen molar-refractivity contribution in [3.63, 3.8) is 0 Å². The maximum atomic E-state index is 13.6. The van der Waals surface area contributed by atoms with Crippen LogP contribution in [0.4, 0.5) is 13.2 Å². The molecular weight excluding hydrogens is 475 g/mol. The lowest BCUT2D eigenvalue weighted by Gasteiger charge is -2.15. The molecule has 0 bridgehead atoms. The third-order valence-corrected chi connectivity index (χ3v) is 7.47. The summed E-state index contributed by atoms with van der Waals surface area (Å²) in [5, 5.41) is 3.35. The predicted octanol–water partition coefficient (Wildman–Crippen LogP) is 4.20. The molecule has 6 nitrogen and oxygen atoms in total. The summed E-state index contributed by atoms with van der Waals surface area (Å²) >= 11 is 2.48. The summed E-state index contributed by atoms with van der Waals surface area (Å²) in [4.78, 5) is 32.1. The van der Waals surface area contributed by atoms with Crippen LogP contribution in [0.5, 0.6) is 0 Å². The number of halogens is 3. The summed E-state index contributed by atoms with van der Waals surface area (Å²) < 4.78 is 46.1. The Balaban J connectivity index is 1.80. The fourth-order valence-electron chi connectivity index (χ4n) is 3.81. The number of fused-ring (bicyclic) bond motifs is 3. The summed E-state index contributed by atoms with van der Waals surface area (Å²) in [5.74, 6) is -0.321. The quantitative estimate of drug-likeness (QED) is 0.301. The molecule has 3 aromatic rings. The van der Waals surface area contributed by atoms with E-state index in [9.17, 15) is 22.8 Å². The van der Waals surface area contributed by atoms with Crippen LogP contribution in [0, 0.1) is 0 Å². The third kappa shape index (κ3) is 5.10. The number of methoxy groups -OCH3 is 1. The lowest BCUT2D eigenvalue weighted by molar-refractivity contribution is -0.137. The molecule has 176 valence electrons. The van der Waals surface area contributed by atoms with Crippen LogP contribution in [0.15, 0.2) is 34.2 Å². The first-order valence-electron chi connectivity index (χ1n) is 10.4. The van der Waals surface area contributed by atoms with Crippen molar-refractivity contribution in [3.05, 3.63) is 50.6 Å². The highest BCUT2D eigenvalue weighted by Crippen LogP contribution is 2.36. The Morgan fingerprint density at radius 3 is 2.85 bits per heavy atom. The molecule has 11 heteroatoms. The average molecular weight is 498 g/mol. The Morgan fingerprint density at radius 1 is 1.30 bits per heavy atom. The fourth-order valence-corrected chi connectivity index (χ4v) is 5.95. The van der Waals surface area contributed by atoms with Gasteiger partial charge in [-0.2, -0.15) is 13.2 Å². The molecule has 2 heterocycles. The second-order valence-electron chi connectivity index (χ2n) is 7.61. The summed E-state index contributed by atoms with van der Waals surface area (Å²) in [6, 6.07) is 4.62. The van der Waals surface area contributed by atoms with Gasteiger partial charge in [0.25, 0.3) is 5.56 Å². The van der Waals surface area contributed by atoms with E-state index in [2.05, 4.69) is 10.3 Å². The van der Waals surface area contributed by atoms with Crippen molar-refractivity contribution in [1.82, 2.24) is 14.9 Å². The molecule has 0 saturated carbocycles. The van der Waals surface area contributed by atoms with Crippen LogP contribution in [0.1, 0.15) is 28.8 Å². The molecule has 4 rings (SSSR count). The minimum absolute atomic E-state index is 0.0360. The number of carbonyl (C=O) groups is 1. The number of nitrogens with one attached hydrogen (secondary N) is 1. The molecule has 2 aromatic heterocycles. The van der Waals surface area contributed by atoms with Gasteiger partial charge in [-0.05, 0) is 49.4 Å². The Bertz CT molecular complexity index is 1240. The number of thiophene rings is 1. The van der Waals surface area contributed by atoms with Gasteiger partial charge in [0.05, 0.1) is 29.0 Å². The molecule has 1 aliphatic carbocycles. The minimum Gasteiger partial charge on any atom is -0.383 e. The Kier molecular flexibility index (Phi) is 7.10. The number of thioether (sulfide) groups is 1. The molecule has 0 atom stereocenters. The summed E-state index contributed by atoms with van der Waals surface area (Å²) in [6.07, 6.45) is -0.939. The minimum atomic E-state index is -4.55. The van der Waals surface area contributed by atoms with Gasteiger partial charge in [0.1, 0.15) is 4.83 Å². The highest BCUT2D eigenvalue weighted by atomic mass is 32.2. The number of aryl methyl sites for hydroxylation is 2. The molecule has 0 spiro atoms. The maximum absolute atomic E-state index is 13.6. The van der Waals surface area contributed by atoms with Crippen molar-refractivity contribution in [2.75, 3.05) is 26.0 Å². The van der Waals surface area contributed by atoms with E-state index in [0.29, 0.717) is 23.4 Å². The summed E-state index contributed by atoms with van der Waals surface area (Å²) in [6.45, 7) is 0.691. The highest BCUT2D eigenvalue weighted by molar-refractivity contribution is 7.99. The van der Waals surface area contributed by atoms with Crippen LogP contribution in [0.3, 0.4) is 0 Å². The van der Waals surface area contributed by atoms with Crippen molar-refractivity contribution in [2.24, 2.45) is 0 Å². The monoisotopic (exact) mass is 497 g/mol. The normalized spacial score (nSPS) is 13.8. The number of benzene rings is 1. The van der Waals surface area contributed by atoms with E-state index in [1.165, 1.54) is 35.1 Å². The second-order valence-corrected chi connectivity index (χ2v) is 9.63. The van der Waals surface area contributed by atoms with Crippen LogP contribution in [-0.2, 0) is 28.5 Å². The fraction of sp³-hybridized carbons (Fsp3) is 0.409. The zero-order valence-corrected chi connectivity index (χ0v) is 19.5. The van der Waals surface area contributed by atoms with Gasteiger partial charge in [0.2, 0.25) is 5.91 Å². The molecule has 0 unspecified atom stereocenters. The molecular formula is C22H22F3N3O3S2. The topological polar surface area (TPSA) is 73.2 Å². The zero-order chi connectivity index (χ0) is 23.6. The van der Waals surface area contributed by atoms with Crippen molar-refractivity contribution in [2.45, 2.75) is 37.0 Å². The molecule has 0 saturated heterocycles. The van der Waals surface area contributed by atoms with E-state index in [4.69, 9.17) is 4.74 Å². The van der Waals surface area contributed by atoms with Crippen LogP contribution < -0.4 is 10.9 Å². The molecule has 33 heavy (non-hydrogen) atoms. The summed E-state index contributed by atoms with van der Waals surface area (Å²) in [7, 11) is 1.52. The largest absolute Gasteiger partial charge is 0.416 e. The zero-order valence-electron chi connectivity index (χ0n) is 17.8. The van der Waals surface area contributed by atoms with Crippen LogP contribution >= 0.6 is 23.1 Å². The van der Waals surface area contributed by atoms with Crippen molar-refractivity contribution < 1.29 is 22.7 Å². The van der Waals surface area contributed by atoms with Crippen LogP contribution in [0.25, 0.3) is 15.9 Å². The molecule has 0 aliphatic heterocycles. The Morgan fingerprint density at radius 2 is 2.09 bits per heavy atom. The van der Waals surface area contributed by atoms with Gasteiger partial charge in [-0.15, -0.1) is 11.3 Å². The van der Waals surface area contributed by atoms with E-state index in [-0.39, 0.29) is 22.5 Å². The van der Waals surface area contributed by atoms with E-state index >= 15 is 0 Å². The van der Waals surface area contributed by atoms with Crippen molar-refractivity contribution in [3.8, 4) is 5.69 Å². The number of rotatable bonds is 7. The number of hydrogen-bond donors (Lipinski definition) is 1. The van der Waals surface area contributed by atoms with E-state index in [1.807, 2.05) is 0 Å². The lowest BCUT2D eigenvalue weighted by Crippen LogP contribution is -2.29. The number of carbonyl (C=O) groups excluding carboxylic acids is 1. The molecule has 0 fully saturated rings. The van der Waals surface area contributed by atoms with Gasteiger partial charge >= 0.3 is 6.18 Å². The van der Waals surface area contributed by atoms with E-state index in [0.717, 1.165) is 60.0 Å². The first-order valence-corrected chi connectivity index (χ1v) is 12.2. The molecule has 1 aliphatic rings. The third-order valence-electron chi connectivity index (χ3n) is 5.35. The molecule has 1 aromatic carbocycles. The molecule has 1 amide bonds. The summed E-state index contributed by atoms with van der Waals surface area (Å²) in [5.41, 5.74) is -0.232. The number of ether oxygens (including phenoxy) is 1. The van der Waals surface area contributed by atoms with Gasteiger partial charge in [0, 0.05) is 18.5 Å². The van der Waals surface area contributed by atoms with Crippen LogP contribution in [0.2, 0.25) is 0 Å². The van der Waals surface area contributed by atoms with Gasteiger partial charge in [-0.3, -0.25) is 14.2 Å². The van der Waals surface area contributed by atoms with E-state index in [1.54, 1.807) is 0 Å². The number of hydrogen-bond acceptors (Lipinski definition) is 6. The first-order chi connectivity index (χ1) is 15.8. The lowest BCUT2D eigenvalue weighted by atomic mass is 9.97. The smallest absolute Gasteiger partial charge is 0.383 e. The Hall–Kier alpha value is -2.37. The maximum Gasteiger partial charge on any atom is 0.416 e. The van der Waals surface area contributed by atoms with Gasteiger partial charge in [-0.1, -0.05) is 17.8 Å². The van der Waals surface area contributed by atoms with Gasteiger partial charge in [0.15, 0.2) is 5.16 Å². The number of amides is 1. The first kappa shape index (κ1) is 23.8. The van der Waals surface area contributed by atoms with Crippen molar-refractivity contribution >= 4 is 39.2 Å². The van der Waals surface area contributed by atoms with Crippen LogP contribution in [-0.4, -0.2) is 41.5 Å².